The molecule has 2 unspecified atom stereocenters. The number of ether oxygens (including phenoxy) is 1. The molecule has 0 aromatic carbocycles. The van der Waals surface area contributed by atoms with Crippen molar-refractivity contribution in [3.05, 3.63) is 22.6 Å². The Balaban J connectivity index is 1.98. The van der Waals surface area contributed by atoms with Gasteiger partial charge in [0.25, 0.3) is 0 Å². The van der Waals surface area contributed by atoms with E-state index in [2.05, 4.69) is 27.3 Å². The number of rotatable bonds is 3. The van der Waals surface area contributed by atoms with E-state index in [4.69, 9.17) is 9.15 Å². The van der Waals surface area contributed by atoms with Gasteiger partial charge < -0.3 is 14.5 Å². The average molecular weight is 274 g/mol. The Bertz CT molecular complexity index is 311. The Morgan fingerprint density at radius 1 is 1.60 bits per heavy atom. The molecule has 0 amide bonds. The van der Waals surface area contributed by atoms with E-state index in [1.165, 1.54) is 0 Å². The Morgan fingerprint density at radius 2 is 2.47 bits per heavy atom. The first-order chi connectivity index (χ1) is 7.29. The van der Waals surface area contributed by atoms with Crippen molar-refractivity contribution >= 4 is 15.9 Å². The van der Waals surface area contributed by atoms with Gasteiger partial charge in [-0.15, -0.1) is 0 Å². The zero-order chi connectivity index (χ0) is 10.7. The molecule has 0 bridgehead atoms. The molecule has 1 aliphatic heterocycles. The summed E-state index contributed by atoms with van der Waals surface area (Å²) in [5, 5.41) is 3.45. The van der Waals surface area contributed by atoms with Gasteiger partial charge >= 0.3 is 0 Å². The van der Waals surface area contributed by atoms with Gasteiger partial charge in [-0.2, -0.15) is 0 Å². The second kappa shape index (κ2) is 5.14. The average Bonchev–Trinajstić information content (AvgIpc) is 2.66. The maximum atomic E-state index is 5.60. The van der Waals surface area contributed by atoms with Crippen LogP contribution in [0.15, 0.2) is 21.2 Å². The molecular weight excluding hydrogens is 258 g/mol. The molecule has 3 nitrogen and oxygen atoms in total. The summed E-state index contributed by atoms with van der Waals surface area (Å²) in [6, 6.07) is 4.48. The van der Waals surface area contributed by atoms with Crippen LogP contribution < -0.4 is 5.32 Å². The van der Waals surface area contributed by atoms with Crippen molar-refractivity contribution in [2.75, 3.05) is 20.3 Å². The van der Waals surface area contributed by atoms with Gasteiger partial charge in [0.1, 0.15) is 5.76 Å². The fourth-order valence-electron chi connectivity index (χ4n) is 2.14. The maximum absolute atomic E-state index is 5.60. The number of methoxy groups -OCH3 is 1. The Morgan fingerprint density at radius 3 is 3.13 bits per heavy atom. The van der Waals surface area contributed by atoms with E-state index in [-0.39, 0.29) is 0 Å². The van der Waals surface area contributed by atoms with Gasteiger partial charge in [0.05, 0.1) is 6.61 Å². The fourth-order valence-corrected chi connectivity index (χ4v) is 2.46. The van der Waals surface area contributed by atoms with Crippen LogP contribution in [0.3, 0.4) is 0 Å². The lowest BCUT2D eigenvalue weighted by molar-refractivity contribution is 0.146. The monoisotopic (exact) mass is 273 g/mol. The van der Waals surface area contributed by atoms with E-state index in [1.54, 1.807) is 7.11 Å². The largest absolute Gasteiger partial charge is 0.454 e. The smallest absolute Gasteiger partial charge is 0.169 e. The van der Waals surface area contributed by atoms with Crippen LogP contribution in [-0.4, -0.2) is 26.3 Å². The Labute approximate surface area is 98.3 Å². The molecule has 2 rings (SSSR count). The van der Waals surface area contributed by atoms with E-state index < -0.39 is 0 Å². The quantitative estimate of drug-likeness (QED) is 0.919. The van der Waals surface area contributed by atoms with E-state index in [9.17, 15) is 0 Å². The highest BCUT2D eigenvalue weighted by atomic mass is 79.9. The van der Waals surface area contributed by atoms with Crippen LogP contribution in [0.5, 0.6) is 0 Å². The predicted molar refractivity (Wildman–Crippen MR) is 62.0 cm³/mol. The minimum absolute atomic E-state index is 0.456. The van der Waals surface area contributed by atoms with Crippen molar-refractivity contribution in [1.29, 1.82) is 0 Å². The Kier molecular flexibility index (Phi) is 3.83. The lowest BCUT2D eigenvalue weighted by Gasteiger charge is -2.28. The second-order valence-electron chi connectivity index (χ2n) is 3.97. The zero-order valence-corrected chi connectivity index (χ0v) is 10.4. The van der Waals surface area contributed by atoms with Crippen molar-refractivity contribution in [2.45, 2.75) is 24.8 Å². The third-order valence-electron chi connectivity index (χ3n) is 2.86. The van der Waals surface area contributed by atoms with Gasteiger partial charge in [-0.3, -0.25) is 0 Å². The molecular formula is C11H16BrNO2. The standard InChI is InChI=1S/C11H16BrNO2/c1-14-7-9-6-8(4-5-13-9)10-2-3-11(12)15-10/h2-3,8-9,13H,4-7H2,1H3. The lowest BCUT2D eigenvalue weighted by atomic mass is 9.91. The molecule has 1 N–H and O–H groups in total. The van der Waals surface area contributed by atoms with Crippen LogP contribution in [0.2, 0.25) is 0 Å². The first kappa shape index (κ1) is 11.2. The van der Waals surface area contributed by atoms with Crippen LogP contribution in [0.4, 0.5) is 0 Å². The summed E-state index contributed by atoms with van der Waals surface area (Å²) in [5.74, 6) is 1.61. The molecule has 1 saturated heterocycles. The third kappa shape index (κ3) is 2.83. The molecule has 4 heteroatoms. The second-order valence-corrected chi connectivity index (χ2v) is 4.75. The van der Waals surface area contributed by atoms with Crippen molar-refractivity contribution in [3.8, 4) is 0 Å². The SMILES string of the molecule is COCC1CC(c2ccc(Br)o2)CCN1. The zero-order valence-electron chi connectivity index (χ0n) is 8.83. The molecule has 1 aliphatic rings. The highest BCUT2D eigenvalue weighted by molar-refractivity contribution is 9.10. The van der Waals surface area contributed by atoms with Gasteiger partial charge in [-0.25, -0.2) is 0 Å². The first-order valence-corrected chi connectivity index (χ1v) is 6.06. The van der Waals surface area contributed by atoms with Gasteiger partial charge in [0, 0.05) is 19.1 Å². The molecule has 0 spiro atoms. The summed E-state index contributed by atoms with van der Waals surface area (Å²) in [6.45, 7) is 1.81. The van der Waals surface area contributed by atoms with Crippen molar-refractivity contribution in [2.24, 2.45) is 0 Å². The highest BCUT2D eigenvalue weighted by Crippen LogP contribution is 2.30. The lowest BCUT2D eigenvalue weighted by Crippen LogP contribution is -2.40. The number of hydrogen-bond donors (Lipinski definition) is 1. The number of halogens is 1. The van der Waals surface area contributed by atoms with Gasteiger partial charge in [0.15, 0.2) is 4.67 Å². The van der Waals surface area contributed by atoms with Crippen LogP contribution >= 0.6 is 15.9 Å². The summed E-state index contributed by atoms with van der Waals surface area (Å²) in [5.41, 5.74) is 0. The minimum Gasteiger partial charge on any atom is -0.454 e. The summed E-state index contributed by atoms with van der Waals surface area (Å²) < 4.78 is 11.6. The topological polar surface area (TPSA) is 34.4 Å². The third-order valence-corrected chi connectivity index (χ3v) is 3.29. The number of nitrogens with one attached hydrogen (secondary N) is 1. The van der Waals surface area contributed by atoms with Crippen LogP contribution in [0.25, 0.3) is 0 Å². The Hall–Kier alpha value is -0.320. The molecule has 2 atom stereocenters. The van der Waals surface area contributed by atoms with Crippen molar-refractivity contribution in [1.82, 2.24) is 5.32 Å². The molecule has 2 heterocycles. The predicted octanol–water partition coefficient (Wildman–Crippen LogP) is 2.52. The van der Waals surface area contributed by atoms with E-state index in [0.29, 0.717) is 12.0 Å². The van der Waals surface area contributed by atoms with Gasteiger partial charge in [-0.1, -0.05) is 0 Å². The van der Waals surface area contributed by atoms with Crippen LogP contribution in [0, 0.1) is 0 Å². The molecule has 1 aromatic heterocycles. The molecule has 0 saturated carbocycles. The summed E-state index contributed by atoms with van der Waals surface area (Å²) in [7, 11) is 1.74. The summed E-state index contributed by atoms with van der Waals surface area (Å²) >= 11 is 3.34. The first-order valence-electron chi connectivity index (χ1n) is 5.27. The minimum atomic E-state index is 0.456. The molecule has 0 aliphatic carbocycles. The van der Waals surface area contributed by atoms with Crippen molar-refractivity contribution < 1.29 is 9.15 Å². The molecule has 15 heavy (non-hydrogen) atoms. The van der Waals surface area contributed by atoms with E-state index >= 15 is 0 Å². The van der Waals surface area contributed by atoms with Gasteiger partial charge in [-0.05, 0) is 47.4 Å². The maximum Gasteiger partial charge on any atom is 0.169 e. The molecule has 0 radical (unpaired) electrons. The number of hydrogen-bond acceptors (Lipinski definition) is 3. The summed E-state index contributed by atoms with van der Waals surface area (Å²) in [4.78, 5) is 0. The number of furan rings is 1. The van der Waals surface area contributed by atoms with Crippen LogP contribution in [0.1, 0.15) is 24.5 Å². The molecule has 1 aromatic rings. The van der Waals surface area contributed by atoms with Crippen LogP contribution in [-0.2, 0) is 4.74 Å². The highest BCUT2D eigenvalue weighted by Gasteiger charge is 2.24. The molecule has 1 fully saturated rings. The van der Waals surface area contributed by atoms with E-state index in [1.807, 2.05) is 6.07 Å². The molecule has 84 valence electrons. The summed E-state index contributed by atoms with van der Waals surface area (Å²) in [6.07, 6.45) is 2.23. The normalized spacial score (nSPS) is 26.8. The fraction of sp³-hybridized carbons (Fsp3) is 0.636. The number of piperidine rings is 1. The van der Waals surface area contributed by atoms with E-state index in [0.717, 1.165) is 36.4 Å². The van der Waals surface area contributed by atoms with Crippen molar-refractivity contribution in [3.63, 3.8) is 0 Å². The van der Waals surface area contributed by atoms with Gasteiger partial charge in [0.2, 0.25) is 0 Å².